The minimum Gasteiger partial charge on any atom is -0.377 e. The Bertz CT molecular complexity index is 242. The molecule has 0 spiro atoms. The van der Waals surface area contributed by atoms with Crippen LogP contribution in [0.2, 0.25) is 0 Å². The zero-order valence-electron chi connectivity index (χ0n) is 9.94. The van der Waals surface area contributed by atoms with Gasteiger partial charge in [-0.05, 0) is 19.4 Å². The van der Waals surface area contributed by atoms with Crippen LogP contribution in [0.25, 0.3) is 0 Å². The van der Waals surface area contributed by atoms with E-state index in [1.165, 1.54) is 0 Å². The molecular weight excluding hydrogens is 208 g/mol. The number of hydrogen-bond donors (Lipinski definition) is 1. The van der Waals surface area contributed by atoms with Crippen LogP contribution in [0, 0.1) is 0 Å². The van der Waals surface area contributed by atoms with Crippen molar-refractivity contribution in [2.24, 2.45) is 0 Å². The van der Waals surface area contributed by atoms with Crippen molar-refractivity contribution in [1.82, 2.24) is 10.2 Å². The third kappa shape index (κ3) is 2.21. The summed E-state index contributed by atoms with van der Waals surface area (Å²) in [4.78, 5) is 14.0. The van der Waals surface area contributed by atoms with Crippen LogP contribution in [-0.4, -0.2) is 62.9 Å². The summed E-state index contributed by atoms with van der Waals surface area (Å²) in [6.07, 6.45) is 2.06. The fourth-order valence-electron chi connectivity index (χ4n) is 2.49. The molecule has 1 amide bonds. The quantitative estimate of drug-likeness (QED) is 0.715. The van der Waals surface area contributed by atoms with Crippen LogP contribution in [-0.2, 0) is 14.3 Å². The fraction of sp³-hybridized carbons (Fsp3) is 0.909. The number of likely N-dealkylation sites (tertiary alicyclic amines) is 1. The minimum absolute atomic E-state index is 0.00751. The normalized spacial score (nSPS) is 34.6. The van der Waals surface area contributed by atoms with Gasteiger partial charge in [-0.25, -0.2) is 0 Å². The zero-order valence-corrected chi connectivity index (χ0v) is 9.94. The standard InChI is InChI=1S/C11H20N2O3/c1-15-9-6-13(7-10(9)16-2)11(14)8-4-3-5-12-8/h8-10,12H,3-7H2,1-2H3/t8-,9-,10+/m1/s1. The summed E-state index contributed by atoms with van der Waals surface area (Å²) in [5.74, 6) is 0.194. The number of nitrogens with one attached hydrogen (secondary N) is 1. The predicted molar refractivity (Wildman–Crippen MR) is 59.2 cm³/mol. The van der Waals surface area contributed by atoms with E-state index in [-0.39, 0.29) is 24.2 Å². The fourth-order valence-corrected chi connectivity index (χ4v) is 2.49. The van der Waals surface area contributed by atoms with Crippen LogP contribution in [0.5, 0.6) is 0 Å². The van der Waals surface area contributed by atoms with Gasteiger partial charge in [0, 0.05) is 27.3 Å². The molecule has 1 N–H and O–H groups in total. The first-order valence-electron chi connectivity index (χ1n) is 5.84. The number of carbonyl (C=O) groups is 1. The molecule has 2 rings (SSSR count). The molecule has 0 aromatic rings. The Morgan fingerprint density at radius 3 is 2.31 bits per heavy atom. The molecular formula is C11H20N2O3. The van der Waals surface area contributed by atoms with Gasteiger partial charge in [0.05, 0.1) is 6.04 Å². The molecule has 0 aromatic heterocycles. The first kappa shape index (κ1) is 11.8. The summed E-state index contributed by atoms with van der Waals surface area (Å²) < 4.78 is 10.6. The summed E-state index contributed by atoms with van der Waals surface area (Å²) in [6, 6.07) is 0.00751. The molecule has 2 aliphatic rings. The van der Waals surface area contributed by atoms with E-state index >= 15 is 0 Å². The Morgan fingerprint density at radius 2 is 1.88 bits per heavy atom. The summed E-state index contributed by atoms with van der Waals surface area (Å²) in [5, 5.41) is 3.23. The van der Waals surface area contributed by atoms with Crippen molar-refractivity contribution in [2.45, 2.75) is 31.1 Å². The van der Waals surface area contributed by atoms with Crippen molar-refractivity contribution >= 4 is 5.91 Å². The number of ether oxygens (including phenoxy) is 2. The molecule has 92 valence electrons. The van der Waals surface area contributed by atoms with E-state index in [4.69, 9.17) is 9.47 Å². The van der Waals surface area contributed by atoms with Gasteiger partial charge in [-0.15, -0.1) is 0 Å². The van der Waals surface area contributed by atoms with Gasteiger partial charge in [0.25, 0.3) is 0 Å². The lowest BCUT2D eigenvalue weighted by molar-refractivity contribution is -0.132. The summed E-state index contributed by atoms with van der Waals surface area (Å²) in [7, 11) is 3.33. The van der Waals surface area contributed by atoms with Gasteiger partial charge in [0.1, 0.15) is 12.2 Å². The van der Waals surface area contributed by atoms with Crippen LogP contribution >= 0.6 is 0 Å². The van der Waals surface area contributed by atoms with Crippen molar-refractivity contribution in [3.05, 3.63) is 0 Å². The van der Waals surface area contributed by atoms with Gasteiger partial charge in [-0.2, -0.15) is 0 Å². The van der Waals surface area contributed by atoms with Gasteiger partial charge < -0.3 is 19.7 Å². The van der Waals surface area contributed by atoms with E-state index in [2.05, 4.69) is 5.32 Å². The van der Waals surface area contributed by atoms with E-state index < -0.39 is 0 Å². The molecule has 0 bridgehead atoms. The first-order valence-corrected chi connectivity index (χ1v) is 5.84. The highest BCUT2D eigenvalue weighted by atomic mass is 16.5. The molecule has 2 heterocycles. The SMILES string of the molecule is CO[C@H]1CN(C(=O)[C@H]2CCCN2)C[C@H]1OC. The van der Waals surface area contributed by atoms with Gasteiger partial charge in [-0.1, -0.05) is 0 Å². The summed E-state index contributed by atoms with van der Waals surface area (Å²) in [6.45, 7) is 2.24. The van der Waals surface area contributed by atoms with E-state index in [0.29, 0.717) is 13.1 Å². The van der Waals surface area contributed by atoms with Crippen LogP contribution in [0.3, 0.4) is 0 Å². The van der Waals surface area contributed by atoms with Crippen molar-refractivity contribution in [1.29, 1.82) is 0 Å². The van der Waals surface area contributed by atoms with Crippen molar-refractivity contribution in [3.63, 3.8) is 0 Å². The van der Waals surface area contributed by atoms with Crippen LogP contribution in [0.15, 0.2) is 0 Å². The van der Waals surface area contributed by atoms with Crippen molar-refractivity contribution < 1.29 is 14.3 Å². The molecule has 2 saturated heterocycles. The highest BCUT2D eigenvalue weighted by Crippen LogP contribution is 2.18. The van der Waals surface area contributed by atoms with E-state index in [1.54, 1.807) is 14.2 Å². The first-order chi connectivity index (χ1) is 7.76. The Balaban J connectivity index is 1.93. The third-order valence-electron chi connectivity index (χ3n) is 3.49. The van der Waals surface area contributed by atoms with Gasteiger partial charge in [0.2, 0.25) is 5.91 Å². The van der Waals surface area contributed by atoms with E-state index in [1.807, 2.05) is 4.90 Å². The smallest absolute Gasteiger partial charge is 0.239 e. The molecule has 16 heavy (non-hydrogen) atoms. The lowest BCUT2D eigenvalue weighted by Crippen LogP contribution is -2.43. The largest absolute Gasteiger partial charge is 0.377 e. The second-order valence-corrected chi connectivity index (χ2v) is 4.44. The average Bonchev–Trinajstić information content (AvgIpc) is 2.96. The molecule has 2 fully saturated rings. The number of amides is 1. The molecule has 2 aliphatic heterocycles. The maximum atomic E-state index is 12.1. The number of carbonyl (C=O) groups excluding carboxylic acids is 1. The highest BCUT2D eigenvalue weighted by Gasteiger charge is 2.38. The van der Waals surface area contributed by atoms with Gasteiger partial charge in [0.15, 0.2) is 0 Å². The maximum absolute atomic E-state index is 12.1. The van der Waals surface area contributed by atoms with Gasteiger partial charge in [-0.3, -0.25) is 4.79 Å². The molecule has 0 saturated carbocycles. The summed E-state index contributed by atoms with van der Waals surface area (Å²) in [5.41, 5.74) is 0. The number of hydrogen-bond acceptors (Lipinski definition) is 4. The molecule has 5 heteroatoms. The lowest BCUT2D eigenvalue weighted by atomic mass is 10.2. The summed E-state index contributed by atoms with van der Waals surface area (Å²) >= 11 is 0. The molecule has 0 radical (unpaired) electrons. The molecule has 0 unspecified atom stereocenters. The lowest BCUT2D eigenvalue weighted by Gasteiger charge is -2.20. The minimum atomic E-state index is 0.00751. The molecule has 0 aliphatic carbocycles. The van der Waals surface area contributed by atoms with Crippen LogP contribution in [0.4, 0.5) is 0 Å². The van der Waals surface area contributed by atoms with Gasteiger partial charge >= 0.3 is 0 Å². The van der Waals surface area contributed by atoms with Crippen LogP contribution in [0.1, 0.15) is 12.8 Å². The predicted octanol–water partition coefficient (Wildman–Crippen LogP) is -0.389. The maximum Gasteiger partial charge on any atom is 0.239 e. The Hall–Kier alpha value is -0.650. The Kier molecular flexibility index (Phi) is 3.78. The van der Waals surface area contributed by atoms with E-state index in [9.17, 15) is 4.79 Å². The molecule has 0 aromatic carbocycles. The second-order valence-electron chi connectivity index (χ2n) is 4.44. The Labute approximate surface area is 96.1 Å². The topological polar surface area (TPSA) is 50.8 Å². The number of nitrogens with zero attached hydrogens (tertiary/aromatic N) is 1. The number of rotatable bonds is 3. The average molecular weight is 228 g/mol. The van der Waals surface area contributed by atoms with Crippen molar-refractivity contribution in [2.75, 3.05) is 33.9 Å². The highest BCUT2D eigenvalue weighted by molar-refractivity contribution is 5.82. The second kappa shape index (κ2) is 5.12. The third-order valence-corrected chi connectivity index (χ3v) is 3.49. The Morgan fingerprint density at radius 1 is 1.25 bits per heavy atom. The van der Waals surface area contributed by atoms with Crippen molar-refractivity contribution in [3.8, 4) is 0 Å². The molecule has 5 nitrogen and oxygen atoms in total. The van der Waals surface area contributed by atoms with E-state index in [0.717, 1.165) is 19.4 Å². The monoisotopic (exact) mass is 228 g/mol. The zero-order chi connectivity index (χ0) is 11.5. The van der Waals surface area contributed by atoms with Crippen LogP contribution < -0.4 is 5.32 Å². The molecule has 3 atom stereocenters. The number of methoxy groups -OCH3 is 2.